The van der Waals surface area contributed by atoms with E-state index in [1.54, 1.807) is 0 Å². The third-order valence-electron chi connectivity index (χ3n) is 6.68. The zero-order valence-electron chi connectivity index (χ0n) is 20.7. The second-order valence-corrected chi connectivity index (χ2v) is 10.8. The fraction of sp³-hybridized carbons (Fsp3) is 0.385. The van der Waals surface area contributed by atoms with Gasteiger partial charge in [0.1, 0.15) is 5.76 Å². The van der Waals surface area contributed by atoms with Crippen LogP contribution in [0.25, 0.3) is 5.76 Å². The molecule has 2 heterocycles. The normalized spacial score (nSPS) is 20.4. The molecule has 37 heavy (non-hydrogen) atoms. The largest absolute Gasteiger partial charge is 0.507 e. The van der Waals surface area contributed by atoms with Crippen LogP contribution in [0.5, 0.6) is 11.5 Å². The number of benzene rings is 2. The molecule has 4 rings (SSSR count). The van der Waals surface area contributed by atoms with Crippen LogP contribution in [0.15, 0.2) is 52.9 Å². The first kappa shape index (κ1) is 26.6. The van der Waals surface area contributed by atoms with Crippen molar-refractivity contribution in [2.75, 3.05) is 40.5 Å². The van der Waals surface area contributed by atoms with E-state index in [1.807, 2.05) is 0 Å². The van der Waals surface area contributed by atoms with Gasteiger partial charge in [0, 0.05) is 32.3 Å². The molecule has 2 saturated heterocycles. The fourth-order valence-electron chi connectivity index (χ4n) is 4.71. The summed E-state index contributed by atoms with van der Waals surface area (Å²) in [6.45, 7) is 1.16. The Morgan fingerprint density at radius 3 is 2.32 bits per heavy atom. The van der Waals surface area contributed by atoms with E-state index >= 15 is 0 Å². The van der Waals surface area contributed by atoms with Crippen molar-refractivity contribution >= 4 is 27.5 Å². The second kappa shape index (κ2) is 10.9. The smallest absolute Gasteiger partial charge is 0.295 e. The predicted octanol–water partition coefficient (Wildman–Crippen LogP) is 2.64. The predicted molar refractivity (Wildman–Crippen MR) is 135 cm³/mol. The number of aromatic hydroxyl groups is 1. The van der Waals surface area contributed by atoms with Crippen LogP contribution >= 0.6 is 0 Å². The molecule has 0 spiro atoms. The van der Waals surface area contributed by atoms with Crippen LogP contribution in [0.1, 0.15) is 36.4 Å². The van der Waals surface area contributed by atoms with E-state index in [4.69, 9.17) is 9.47 Å². The van der Waals surface area contributed by atoms with Gasteiger partial charge in [-0.05, 0) is 54.8 Å². The number of carbonyl (C=O) groups excluding carboxylic acids is 2. The maximum absolute atomic E-state index is 13.1. The lowest BCUT2D eigenvalue weighted by Crippen LogP contribution is -2.35. The van der Waals surface area contributed by atoms with Crippen molar-refractivity contribution in [3.63, 3.8) is 0 Å². The minimum absolute atomic E-state index is 0.0821. The average Bonchev–Trinajstić information content (AvgIpc) is 3.17. The standard InChI is InChI=1S/C26H30N2O8S/c1-35-15-14-28-23(18-8-11-20(29)21(16-18)36-2)22(25(31)26(28)32)24(30)17-6-9-19(10-7-17)37(33,34)27-12-4-3-5-13-27/h6-11,16,23,29-30H,3-5,12-15H2,1-2H3/t23-/m0/s1. The van der Waals surface area contributed by atoms with Crippen LogP contribution in [-0.4, -0.2) is 80.0 Å². The summed E-state index contributed by atoms with van der Waals surface area (Å²) in [7, 11) is -0.831. The molecule has 2 aliphatic rings. The Balaban J connectivity index is 1.76. The van der Waals surface area contributed by atoms with E-state index in [2.05, 4.69) is 0 Å². The van der Waals surface area contributed by atoms with Crippen molar-refractivity contribution in [1.29, 1.82) is 0 Å². The molecule has 1 atom stereocenters. The number of ether oxygens (including phenoxy) is 2. The maximum atomic E-state index is 13.1. The number of phenolic OH excluding ortho intramolecular Hbond substituents is 1. The summed E-state index contributed by atoms with van der Waals surface area (Å²) in [6.07, 6.45) is 2.61. The van der Waals surface area contributed by atoms with Gasteiger partial charge in [-0.3, -0.25) is 9.59 Å². The molecule has 0 radical (unpaired) electrons. The van der Waals surface area contributed by atoms with Crippen LogP contribution in [0, 0.1) is 0 Å². The number of ketones is 1. The first-order valence-corrected chi connectivity index (χ1v) is 13.4. The summed E-state index contributed by atoms with van der Waals surface area (Å²) in [5.74, 6) is -2.10. The number of phenols is 1. The van der Waals surface area contributed by atoms with Crippen molar-refractivity contribution in [3.05, 3.63) is 59.2 Å². The van der Waals surface area contributed by atoms with Crippen molar-refractivity contribution in [2.45, 2.75) is 30.2 Å². The molecule has 1 amide bonds. The van der Waals surface area contributed by atoms with Gasteiger partial charge in [-0.15, -0.1) is 0 Å². The zero-order valence-corrected chi connectivity index (χ0v) is 21.5. The molecule has 0 aromatic heterocycles. The van der Waals surface area contributed by atoms with Crippen LogP contribution in [0.2, 0.25) is 0 Å². The number of hydrogen-bond acceptors (Lipinski definition) is 8. The van der Waals surface area contributed by atoms with Crippen LogP contribution in [0.4, 0.5) is 0 Å². The molecule has 2 aliphatic heterocycles. The Morgan fingerprint density at radius 2 is 1.70 bits per heavy atom. The first-order valence-electron chi connectivity index (χ1n) is 12.0. The highest BCUT2D eigenvalue weighted by Gasteiger charge is 2.46. The van der Waals surface area contributed by atoms with Gasteiger partial charge in [-0.25, -0.2) is 8.42 Å². The van der Waals surface area contributed by atoms with Crippen LogP contribution < -0.4 is 4.74 Å². The van der Waals surface area contributed by atoms with E-state index in [0.29, 0.717) is 18.7 Å². The Kier molecular flexibility index (Phi) is 7.86. The Morgan fingerprint density at radius 1 is 1.03 bits per heavy atom. The van der Waals surface area contributed by atoms with Gasteiger partial charge in [0.2, 0.25) is 10.0 Å². The van der Waals surface area contributed by atoms with E-state index in [-0.39, 0.29) is 40.7 Å². The number of likely N-dealkylation sites (tertiary alicyclic amines) is 1. The van der Waals surface area contributed by atoms with Gasteiger partial charge >= 0.3 is 0 Å². The molecule has 198 valence electrons. The molecule has 0 unspecified atom stereocenters. The highest BCUT2D eigenvalue weighted by molar-refractivity contribution is 7.89. The summed E-state index contributed by atoms with van der Waals surface area (Å²) in [6, 6.07) is 9.05. The van der Waals surface area contributed by atoms with Gasteiger partial charge < -0.3 is 24.6 Å². The molecule has 2 aromatic carbocycles. The van der Waals surface area contributed by atoms with Gasteiger partial charge in [0.15, 0.2) is 11.5 Å². The molecule has 0 bridgehead atoms. The second-order valence-electron chi connectivity index (χ2n) is 8.91. The Labute approximate surface area is 215 Å². The van der Waals surface area contributed by atoms with Gasteiger partial charge in [-0.1, -0.05) is 12.5 Å². The van der Waals surface area contributed by atoms with E-state index in [0.717, 1.165) is 19.3 Å². The summed E-state index contributed by atoms with van der Waals surface area (Å²) < 4.78 is 37.7. The van der Waals surface area contributed by atoms with E-state index in [1.165, 1.54) is 65.9 Å². The van der Waals surface area contributed by atoms with Gasteiger partial charge in [0.05, 0.1) is 30.2 Å². The van der Waals surface area contributed by atoms with Crippen molar-refractivity contribution in [2.24, 2.45) is 0 Å². The number of rotatable bonds is 8. The number of piperidine rings is 1. The average molecular weight is 531 g/mol. The van der Waals surface area contributed by atoms with Crippen LogP contribution in [-0.2, 0) is 24.3 Å². The Hall–Kier alpha value is -3.41. The number of carbonyl (C=O) groups is 2. The molecule has 0 saturated carbocycles. The number of Topliss-reactive ketones (excluding diaryl/α,β-unsaturated/α-hetero) is 1. The van der Waals surface area contributed by atoms with E-state index < -0.39 is 33.5 Å². The maximum Gasteiger partial charge on any atom is 0.295 e. The van der Waals surface area contributed by atoms with Crippen molar-refractivity contribution < 1.29 is 37.7 Å². The quantitative estimate of drug-likeness (QED) is 0.302. The minimum atomic E-state index is -3.67. The minimum Gasteiger partial charge on any atom is -0.507 e. The topological polar surface area (TPSA) is 134 Å². The van der Waals surface area contributed by atoms with E-state index in [9.17, 15) is 28.2 Å². The Bertz CT molecular complexity index is 1310. The fourth-order valence-corrected chi connectivity index (χ4v) is 6.22. The number of hydrogen-bond donors (Lipinski definition) is 2. The van der Waals surface area contributed by atoms with Crippen LogP contribution in [0.3, 0.4) is 0 Å². The van der Waals surface area contributed by atoms with Crippen molar-refractivity contribution in [3.8, 4) is 11.5 Å². The van der Waals surface area contributed by atoms with Crippen molar-refractivity contribution in [1.82, 2.24) is 9.21 Å². The number of amides is 1. The highest BCUT2D eigenvalue weighted by Crippen LogP contribution is 2.41. The summed E-state index contributed by atoms with van der Waals surface area (Å²) >= 11 is 0. The molecule has 0 aliphatic carbocycles. The summed E-state index contributed by atoms with van der Waals surface area (Å²) in [5.41, 5.74) is 0.481. The molecule has 10 nitrogen and oxygen atoms in total. The molecule has 2 aromatic rings. The number of methoxy groups -OCH3 is 2. The molecule has 2 N–H and O–H groups in total. The molecule has 11 heteroatoms. The summed E-state index contributed by atoms with van der Waals surface area (Å²) in [4.78, 5) is 27.4. The monoisotopic (exact) mass is 530 g/mol. The SMILES string of the molecule is COCCN1C(=O)C(=O)C(=C(O)c2ccc(S(=O)(=O)N3CCCCC3)cc2)[C@@H]1c1ccc(O)c(OC)c1. The lowest BCUT2D eigenvalue weighted by Gasteiger charge is -2.26. The third-order valence-corrected chi connectivity index (χ3v) is 8.59. The zero-order chi connectivity index (χ0) is 26.7. The third kappa shape index (κ3) is 5.07. The molecular weight excluding hydrogens is 500 g/mol. The molecule has 2 fully saturated rings. The summed E-state index contributed by atoms with van der Waals surface area (Å²) in [5, 5.41) is 21.2. The van der Waals surface area contributed by atoms with Gasteiger partial charge in [-0.2, -0.15) is 4.31 Å². The first-order chi connectivity index (χ1) is 17.7. The number of aliphatic hydroxyl groups excluding tert-OH is 1. The number of aliphatic hydroxyl groups is 1. The lowest BCUT2D eigenvalue weighted by atomic mass is 9.95. The van der Waals surface area contributed by atoms with Gasteiger partial charge in [0.25, 0.3) is 11.7 Å². The number of nitrogens with zero attached hydrogens (tertiary/aromatic N) is 2. The molecular formula is C26H30N2O8S. The lowest BCUT2D eigenvalue weighted by molar-refractivity contribution is -0.140. The number of sulfonamides is 1. The highest BCUT2D eigenvalue weighted by atomic mass is 32.2.